The number of ether oxygens (including phenoxy) is 1. The first-order chi connectivity index (χ1) is 17.8. The van der Waals surface area contributed by atoms with Crippen LogP contribution in [-0.2, 0) is 20.8 Å². The Kier molecular flexibility index (Phi) is 9.10. The normalized spacial score (nSPS) is 14.3. The SMILES string of the molecule is CC[C@@H](C(=O)N[C@@H](CC(=O)O)C(=O)COc1c(F)c(F)cc(F)c1F)[N+]1=CCc2cc(Cl)c(Cl)cc2C1=O. The summed E-state index contributed by atoms with van der Waals surface area (Å²) in [5.41, 5.74) is 0.770. The van der Waals surface area contributed by atoms with Crippen LogP contribution in [0.15, 0.2) is 18.2 Å². The van der Waals surface area contributed by atoms with Crippen LogP contribution in [0.1, 0.15) is 35.7 Å². The van der Waals surface area contributed by atoms with Crippen molar-refractivity contribution in [2.45, 2.75) is 38.3 Å². The van der Waals surface area contributed by atoms with Crippen molar-refractivity contribution in [2.24, 2.45) is 0 Å². The average molecular weight is 578 g/mol. The third-order valence-electron chi connectivity index (χ3n) is 5.66. The van der Waals surface area contributed by atoms with Crippen molar-refractivity contribution in [3.05, 3.63) is 62.6 Å². The fraction of sp³-hybridized carbons (Fsp3) is 0.292. The first kappa shape index (κ1) is 29.1. The highest BCUT2D eigenvalue weighted by atomic mass is 35.5. The number of hydrogen-bond acceptors (Lipinski definition) is 5. The van der Waals surface area contributed by atoms with Crippen LogP contribution in [0.25, 0.3) is 0 Å². The summed E-state index contributed by atoms with van der Waals surface area (Å²) in [5, 5.41) is 11.7. The van der Waals surface area contributed by atoms with Gasteiger partial charge < -0.3 is 15.2 Å². The lowest BCUT2D eigenvalue weighted by Crippen LogP contribution is -2.52. The number of nitrogens with one attached hydrogen (secondary N) is 1. The summed E-state index contributed by atoms with van der Waals surface area (Å²) < 4.78 is 60.1. The fourth-order valence-corrected chi connectivity index (χ4v) is 4.11. The number of rotatable bonds is 10. The summed E-state index contributed by atoms with van der Waals surface area (Å²) in [4.78, 5) is 50.0. The van der Waals surface area contributed by atoms with Crippen LogP contribution >= 0.6 is 23.2 Å². The number of halogens is 6. The van der Waals surface area contributed by atoms with Crippen molar-refractivity contribution in [1.29, 1.82) is 0 Å². The number of carbonyl (C=O) groups excluding carboxylic acids is 3. The van der Waals surface area contributed by atoms with E-state index in [1.165, 1.54) is 18.3 Å². The molecule has 0 radical (unpaired) electrons. The quantitative estimate of drug-likeness (QED) is 0.253. The first-order valence-electron chi connectivity index (χ1n) is 11.0. The topological polar surface area (TPSA) is 113 Å². The van der Waals surface area contributed by atoms with Gasteiger partial charge >= 0.3 is 11.9 Å². The smallest absolute Gasteiger partial charge is 0.420 e. The standard InChI is InChI=1S/C24H18Cl2F4N2O6/c1-2-17(32-4-3-10-5-12(25)13(26)6-11(10)24(32)37)23(36)31-16(8-19(34)35)18(33)9-38-22-20(29)14(27)7-15(28)21(22)30/h4-7,16-17H,2-3,8-9H2,1H3,(H-,31,34,35,36)/p+1/t16-,17-/m0/s1. The highest BCUT2D eigenvalue weighted by Gasteiger charge is 2.39. The monoisotopic (exact) mass is 577 g/mol. The van der Waals surface area contributed by atoms with Crippen LogP contribution < -0.4 is 10.1 Å². The summed E-state index contributed by atoms with van der Waals surface area (Å²) in [6.07, 6.45) is 0.744. The molecule has 2 N–H and O–H groups in total. The highest BCUT2D eigenvalue weighted by Crippen LogP contribution is 2.29. The molecule has 2 aromatic rings. The Morgan fingerprint density at radius 3 is 2.26 bits per heavy atom. The van der Waals surface area contributed by atoms with E-state index in [-0.39, 0.29) is 34.5 Å². The number of carboxylic acid groups (broad SMARTS) is 1. The van der Waals surface area contributed by atoms with Gasteiger partial charge in [-0.25, -0.2) is 13.6 Å². The summed E-state index contributed by atoms with van der Waals surface area (Å²) in [6.45, 7) is 0.337. The van der Waals surface area contributed by atoms with E-state index in [0.717, 1.165) is 4.58 Å². The van der Waals surface area contributed by atoms with Crippen LogP contribution in [0, 0.1) is 23.3 Å². The molecular formula is C24H19Cl2F4N2O6+. The molecule has 14 heteroatoms. The first-order valence-corrected chi connectivity index (χ1v) is 11.8. The van der Waals surface area contributed by atoms with Gasteiger partial charge in [0.25, 0.3) is 5.91 Å². The number of benzene rings is 2. The summed E-state index contributed by atoms with van der Waals surface area (Å²) in [5.74, 6) is -13.1. The van der Waals surface area contributed by atoms with Gasteiger partial charge in [0.05, 0.1) is 28.5 Å². The third-order valence-corrected chi connectivity index (χ3v) is 6.38. The molecule has 0 unspecified atom stereocenters. The maximum atomic E-state index is 13.8. The zero-order valence-corrected chi connectivity index (χ0v) is 21.0. The fourth-order valence-electron chi connectivity index (χ4n) is 3.76. The van der Waals surface area contributed by atoms with Gasteiger partial charge in [-0.15, -0.1) is 0 Å². The van der Waals surface area contributed by atoms with Crippen molar-refractivity contribution in [3.63, 3.8) is 0 Å². The second-order valence-corrected chi connectivity index (χ2v) is 8.97. The van der Waals surface area contributed by atoms with Crippen LogP contribution in [0.2, 0.25) is 10.0 Å². The predicted octanol–water partition coefficient (Wildman–Crippen LogP) is 3.72. The zero-order valence-electron chi connectivity index (χ0n) is 19.5. The van der Waals surface area contributed by atoms with E-state index in [2.05, 4.69) is 10.1 Å². The van der Waals surface area contributed by atoms with Crippen molar-refractivity contribution in [2.75, 3.05) is 6.61 Å². The van der Waals surface area contributed by atoms with Crippen LogP contribution in [0.3, 0.4) is 0 Å². The van der Waals surface area contributed by atoms with Crippen molar-refractivity contribution in [3.8, 4) is 5.75 Å². The Morgan fingerprint density at radius 2 is 1.68 bits per heavy atom. The highest BCUT2D eigenvalue weighted by molar-refractivity contribution is 6.42. The number of carboxylic acids is 1. The Bertz CT molecular complexity index is 1340. The molecule has 2 atom stereocenters. The van der Waals surface area contributed by atoms with Gasteiger partial charge in [0.1, 0.15) is 12.6 Å². The molecule has 0 bridgehead atoms. The Labute approximate surface area is 222 Å². The molecule has 3 rings (SSSR count). The Balaban J connectivity index is 1.79. The Hall–Kier alpha value is -3.51. The molecular weight excluding hydrogens is 559 g/mol. The van der Waals surface area contributed by atoms with E-state index < -0.39 is 77.7 Å². The van der Waals surface area contributed by atoms with E-state index in [1.807, 2.05) is 0 Å². The lowest BCUT2D eigenvalue weighted by molar-refractivity contribution is -0.456. The molecule has 0 aromatic heterocycles. The van der Waals surface area contributed by atoms with E-state index in [4.69, 9.17) is 23.2 Å². The number of carbonyl (C=O) groups is 4. The van der Waals surface area contributed by atoms with Crippen molar-refractivity contribution in [1.82, 2.24) is 5.32 Å². The molecule has 38 heavy (non-hydrogen) atoms. The van der Waals surface area contributed by atoms with Crippen LogP contribution in [0.4, 0.5) is 17.6 Å². The number of nitrogens with zero attached hydrogens (tertiary/aromatic N) is 1. The minimum absolute atomic E-state index is 0.0498. The minimum Gasteiger partial charge on any atom is -0.481 e. The van der Waals surface area contributed by atoms with E-state index in [9.17, 15) is 41.8 Å². The molecule has 0 aliphatic carbocycles. The van der Waals surface area contributed by atoms with Gasteiger partial charge in [0, 0.05) is 12.5 Å². The number of ketones is 1. The van der Waals surface area contributed by atoms with Gasteiger partial charge in [-0.2, -0.15) is 13.4 Å². The molecule has 1 aliphatic rings. The second-order valence-electron chi connectivity index (χ2n) is 8.16. The summed E-state index contributed by atoms with van der Waals surface area (Å²) in [7, 11) is 0. The van der Waals surface area contributed by atoms with Crippen molar-refractivity contribution >= 4 is 53.0 Å². The number of hydrogen-bond donors (Lipinski definition) is 2. The lowest BCUT2D eigenvalue weighted by atomic mass is 9.99. The van der Waals surface area contributed by atoms with Gasteiger partial charge in [-0.1, -0.05) is 30.1 Å². The molecule has 8 nitrogen and oxygen atoms in total. The molecule has 1 heterocycles. The largest absolute Gasteiger partial charge is 0.481 e. The molecule has 0 spiro atoms. The molecule has 2 amide bonds. The summed E-state index contributed by atoms with van der Waals surface area (Å²) in [6, 6.07) is -0.129. The van der Waals surface area contributed by atoms with E-state index in [1.54, 1.807) is 6.92 Å². The predicted molar refractivity (Wildman–Crippen MR) is 126 cm³/mol. The van der Waals surface area contributed by atoms with E-state index in [0.29, 0.717) is 5.56 Å². The number of fused-ring (bicyclic) bond motifs is 1. The maximum absolute atomic E-state index is 13.8. The van der Waals surface area contributed by atoms with Crippen LogP contribution in [0.5, 0.6) is 5.75 Å². The molecule has 0 fully saturated rings. The molecule has 0 saturated carbocycles. The lowest BCUT2D eigenvalue weighted by Gasteiger charge is -2.21. The third kappa shape index (κ3) is 6.13. The molecule has 202 valence electrons. The van der Waals surface area contributed by atoms with Crippen molar-refractivity contribution < 1.29 is 51.2 Å². The van der Waals surface area contributed by atoms with Gasteiger partial charge in [-0.3, -0.25) is 14.4 Å². The second kappa shape index (κ2) is 11.9. The zero-order chi connectivity index (χ0) is 28.3. The number of Topliss-reactive ketones (excluding diaryl/α,β-unsaturated/α-hetero) is 1. The maximum Gasteiger partial charge on any atom is 0.420 e. The molecule has 1 aliphatic heterocycles. The van der Waals surface area contributed by atoms with Crippen LogP contribution in [-0.4, -0.2) is 58.2 Å². The van der Waals surface area contributed by atoms with Gasteiger partial charge in [0.2, 0.25) is 17.7 Å². The molecule has 2 aromatic carbocycles. The summed E-state index contributed by atoms with van der Waals surface area (Å²) >= 11 is 12.0. The van der Waals surface area contributed by atoms with Gasteiger partial charge in [0.15, 0.2) is 29.4 Å². The number of aliphatic carboxylic acids is 1. The minimum atomic E-state index is -1.90. The molecule has 0 saturated heterocycles. The average Bonchev–Trinajstić information content (AvgIpc) is 2.85. The van der Waals surface area contributed by atoms with Gasteiger partial charge in [-0.05, 0) is 17.7 Å². The Morgan fingerprint density at radius 1 is 1.08 bits per heavy atom. The number of amides is 2. The van der Waals surface area contributed by atoms with E-state index >= 15 is 0 Å².